The lowest BCUT2D eigenvalue weighted by Crippen LogP contribution is -2.13. The number of benzene rings is 3. The topological polar surface area (TPSA) is 99.3 Å². The normalized spacial score (nSPS) is 14.5. The molecule has 1 saturated heterocycles. The Morgan fingerprint density at radius 2 is 1.88 bits per heavy atom. The van der Waals surface area contributed by atoms with Crippen molar-refractivity contribution in [2.24, 2.45) is 0 Å². The van der Waals surface area contributed by atoms with Gasteiger partial charge < -0.3 is 18.8 Å². The molecule has 0 radical (unpaired) electrons. The number of carbonyl (C=O) groups excluding carboxylic acids is 1. The van der Waals surface area contributed by atoms with Crippen molar-refractivity contribution in [1.29, 1.82) is 5.26 Å². The highest BCUT2D eigenvalue weighted by Crippen LogP contribution is 2.30. The zero-order valence-electron chi connectivity index (χ0n) is 23.2. The molecule has 0 spiro atoms. The number of hydrogen-bond donors (Lipinski definition) is 0. The minimum Gasteiger partial charge on any atom is -0.473 e. The van der Waals surface area contributed by atoms with Crippen molar-refractivity contribution >= 4 is 17.0 Å². The fourth-order valence-electron chi connectivity index (χ4n) is 5.21. The maximum Gasteiger partial charge on any atom is 0.337 e. The Kier molecular flexibility index (Phi) is 7.81. The summed E-state index contributed by atoms with van der Waals surface area (Å²) < 4.78 is 48.0. The number of fused-ring (bicyclic) bond motifs is 1. The lowest BCUT2D eigenvalue weighted by atomic mass is 10.0. The van der Waals surface area contributed by atoms with Gasteiger partial charge in [-0.1, -0.05) is 24.3 Å². The number of hydrogen-bond acceptors (Lipinski definition) is 7. The van der Waals surface area contributed by atoms with Gasteiger partial charge in [0.15, 0.2) is 0 Å². The third-order valence-electron chi connectivity index (χ3n) is 7.43. The fraction of sp³-hybridized carbons (Fsp3) is 0.212. The molecule has 43 heavy (non-hydrogen) atoms. The Balaban J connectivity index is 1.24. The summed E-state index contributed by atoms with van der Waals surface area (Å²) in [6.07, 6.45) is 1.02. The van der Waals surface area contributed by atoms with Gasteiger partial charge in [-0.3, -0.25) is 0 Å². The maximum absolute atomic E-state index is 15.5. The van der Waals surface area contributed by atoms with Crippen LogP contribution in [0.3, 0.4) is 0 Å². The first-order valence-corrected chi connectivity index (χ1v) is 13.7. The Morgan fingerprint density at radius 1 is 1.05 bits per heavy atom. The number of esters is 1. The molecule has 2 aromatic heterocycles. The molecule has 216 valence electrons. The lowest BCUT2D eigenvalue weighted by molar-refractivity contribution is 0.0601. The number of rotatable bonds is 8. The first-order chi connectivity index (χ1) is 20.9. The summed E-state index contributed by atoms with van der Waals surface area (Å²) >= 11 is 0. The van der Waals surface area contributed by atoms with Crippen LogP contribution >= 0.6 is 0 Å². The Morgan fingerprint density at radius 3 is 2.63 bits per heavy atom. The van der Waals surface area contributed by atoms with Gasteiger partial charge in [-0.15, -0.1) is 0 Å². The highest BCUT2D eigenvalue weighted by Gasteiger charge is 2.25. The first kappa shape index (κ1) is 28.0. The molecule has 3 aromatic carbocycles. The number of nitriles is 1. The second-order valence-corrected chi connectivity index (χ2v) is 10.2. The van der Waals surface area contributed by atoms with Crippen LogP contribution in [0.4, 0.5) is 8.78 Å². The van der Waals surface area contributed by atoms with Crippen molar-refractivity contribution in [2.75, 3.05) is 20.3 Å². The molecule has 0 N–H and O–H groups in total. The number of halogens is 2. The minimum atomic E-state index is -0.536. The van der Waals surface area contributed by atoms with E-state index in [0.29, 0.717) is 52.5 Å². The van der Waals surface area contributed by atoms with Crippen LogP contribution in [0, 0.1) is 23.0 Å². The number of carbonyl (C=O) groups is 1. The van der Waals surface area contributed by atoms with Crippen LogP contribution in [-0.2, 0) is 22.5 Å². The molecular weight excluding hydrogens is 554 g/mol. The molecule has 5 aromatic rings. The van der Waals surface area contributed by atoms with Gasteiger partial charge in [-0.25, -0.2) is 23.5 Å². The average Bonchev–Trinajstić information content (AvgIpc) is 3.68. The molecule has 0 amide bonds. The average molecular weight is 581 g/mol. The summed E-state index contributed by atoms with van der Waals surface area (Å²) in [5, 5.41) is 8.92. The van der Waals surface area contributed by atoms with Gasteiger partial charge in [0.25, 0.3) is 0 Å². The third-order valence-corrected chi connectivity index (χ3v) is 7.43. The van der Waals surface area contributed by atoms with E-state index in [1.165, 1.54) is 25.3 Å². The van der Waals surface area contributed by atoms with Crippen LogP contribution in [-0.4, -0.2) is 40.8 Å². The van der Waals surface area contributed by atoms with Gasteiger partial charge in [-0.2, -0.15) is 5.26 Å². The quantitative estimate of drug-likeness (QED) is 0.203. The smallest absolute Gasteiger partial charge is 0.337 e. The summed E-state index contributed by atoms with van der Waals surface area (Å²) in [7, 11) is 1.34. The molecule has 1 aliphatic rings. The predicted octanol–water partition coefficient (Wildman–Crippen LogP) is 6.17. The number of methoxy groups -OCH3 is 1. The van der Waals surface area contributed by atoms with Gasteiger partial charge in [-0.05, 0) is 54.4 Å². The molecule has 0 aliphatic carbocycles. The third kappa shape index (κ3) is 5.80. The van der Waals surface area contributed by atoms with Crippen LogP contribution in [0.2, 0.25) is 0 Å². The van der Waals surface area contributed by atoms with E-state index in [-0.39, 0.29) is 30.5 Å². The minimum absolute atomic E-state index is 0.0138. The molecule has 1 fully saturated rings. The van der Waals surface area contributed by atoms with Gasteiger partial charge >= 0.3 is 5.97 Å². The highest BCUT2D eigenvalue weighted by molar-refractivity contribution is 5.93. The molecule has 3 heterocycles. The zero-order valence-corrected chi connectivity index (χ0v) is 23.2. The van der Waals surface area contributed by atoms with Gasteiger partial charge in [0.05, 0.1) is 53.7 Å². The van der Waals surface area contributed by atoms with E-state index in [9.17, 15) is 9.18 Å². The molecule has 1 aliphatic heterocycles. The first-order valence-electron chi connectivity index (χ1n) is 13.7. The molecule has 10 heteroatoms. The number of ether oxygens (including phenoxy) is 3. The molecular formula is C33H26F2N4O4. The molecule has 0 bridgehead atoms. The van der Waals surface area contributed by atoms with Crippen LogP contribution in [0.15, 0.2) is 72.8 Å². The van der Waals surface area contributed by atoms with Crippen molar-refractivity contribution in [1.82, 2.24) is 14.5 Å². The monoisotopic (exact) mass is 580 g/mol. The standard InChI is InChI=1S/C33H26F2N4O4/c1-41-33(40)23-9-10-29-30(15-23)39(25-11-12-42-19-25)31(37-29)16-21-7-8-22(14-27(21)35)28-3-2-4-32(38-28)43-18-24-6-5-20(17-36)13-26(24)34/h2-10,13-15,25H,11-12,16,18-19H2,1H3/t25-/m0/s1. The number of pyridine rings is 1. The van der Waals surface area contributed by atoms with Gasteiger partial charge in [0.1, 0.15) is 24.1 Å². The molecule has 0 unspecified atom stereocenters. The van der Waals surface area contributed by atoms with Crippen molar-refractivity contribution in [2.45, 2.75) is 25.5 Å². The van der Waals surface area contributed by atoms with Crippen molar-refractivity contribution < 1.29 is 27.8 Å². The van der Waals surface area contributed by atoms with E-state index in [1.807, 2.05) is 10.6 Å². The van der Waals surface area contributed by atoms with Crippen molar-refractivity contribution in [3.8, 4) is 23.2 Å². The van der Waals surface area contributed by atoms with E-state index in [2.05, 4.69) is 4.98 Å². The summed E-state index contributed by atoms with van der Waals surface area (Å²) in [6, 6.07) is 21.3. The van der Waals surface area contributed by atoms with E-state index in [1.54, 1.807) is 48.5 Å². The van der Waals surface area contributed by atoms with Crippen LogP contribution in [0.1, 0.15) is 45.3 Å². The summed E-state index contributed by atoms with van der Waals surface area (Å²) in [5.41, 5.74) is 3.91. The van der Waals surface area contributed by atoms with Crippen LogP contribution in [0.25, 0.3) is 22.3 Å². The molecule has 8 nitrogen and oxygen atoms in total. The van der Waals surface area contributed by atoms with E-state index in [0.717, 1.165) is 18.0 Å². The summed E-state index contributed by atoms with van der Waals surface area (Å²) in [6.45, 7) is 1.04. The fourth-order valence-corrected chi connectivity index (χ4v) is 5.21. The molecule has 1 atom stereocenters. The summed E-state index contributed by atoms with van der Waals surface area (Å²) in [4.78, 5) is 21.4. The predicted molar refractivity (Wildman–Crippen MR) is 153 cm³/mol. The molecule has 6 rings (SSSR count). The molecule has 0 saturated carbocycles. The Hall–Kier alpha value is -5.14. The number of nitrogens with zero attached hydrogens (tertiary/aromatic N) is 4. The van der Waals surface area contributed by atoms with E-state index >= 15 is 4.39 Å². The number of aromatic nitrogens is 3. The van der Waals surface area contributed by atoms with Crippen molar-refractivity contribution in [3.05, 3.63) is 113 Å². The van der Waals surface area contributed by atoms with E-state index < -0.39 is 17.6 Å². The van der Waals surface area contributed by atoms with Crippen molar-refractivity contribution in [3.63, 3.8) is 0 Å². The van der Waals surface area contributed by atoms with E-state index in [4.69, 9.17) is 24.5 Å². The van der Waals surface area contributed by atoms with Crippen LogP contribution in [0.5, 0.6) is 5.88 Å². The maximum atomic E-state index is 15.5. The second kappa shape index (κ2) is 12.0. The Bertz CT molecular complexity index is 1880. The highest BCUT2D eigenvalue weighted by atomic mass is 19.1. The zero-order chi connectivity index (χ0) is 29.9. The Labute approximate surface area is 246 Å². The van der Waals surface area contributed by atoms with Crippen LogP contribution < -0.4 is 4.74 Å². The largest absolute Gasteiger partial charge is 0.473 e. The number of imidazole rings is 1. The van der Waals surface area contributed by atoms with Gasteiger partial charge in [0, 0.05) is 30.2 Å². The summed E-state index contributed by atoms with van der Waals surface area (Å²) in [5.74, 6) is -0.468. The lowest BCUT2D eigenvalue weighted by Gasteiger charge is -2.16. The second-order valence-electron chi connectivity index (χ2n) is 10.2. The SMILES string of the molecule is COC(=O)c1ccc2nc(Cc3ccc(-c4cccc(OCc5ccc(C#N)cc5F)n4)cc3F)n([C@H]3CCOC3)c2c1. The van der Waals surface area contributed by atoms with Gasteiger partial charge in [0.2, 0.25) is 5.88 Å².